The van der Waals surface area contributed by atoms with Gasteiger partial charge in [0.2, 0.25) is 0 Å². The predicted molar refractivity (Wildman–Crippen MR) is 74.2 cm³/mol. The van der Waals surface area contributed by atoms with Gasteiger partial charge in [0, 0.05) is 16.8 Å². The van der Waals surface area contributed by atoms with Gasteiger partial charge in [-0.15, -0.1) is 0 Å². The van der Waals surface area contributed by atoms with Gasteiger partial charge in [0.25, 0.3) is 0 Å². The van der Waals surface area contributed by atoms with Crippen LogP contribution in [0.5, 0.6) is 0 Å². The lowest BCUT2D eigenvalue weighted by molar-refractivity contribution is 0.628. The molecule has 0 aliphatic heterocycles. The maximum absolute atomic E-state index is 13.0. The van der Waals surface area contributed by atoms with Crippen molar-refractivity contribution >= 4 is 0 Å². The Morgan fingerprint density at radius 2 is 1.58 bits per heavy atom. The van der Waals surface area contributed by atoms with Crippen molar-refractivity contribution in [3.8, 4) is 22.4 Å². The largest absolute Gasteiger partial charge is 0.282 e. The Bertz CT molecular complexity index is 685. The van der Waals surface area contributed by atoms with Gasteiger partial charge < -0.3 is 0 Å². The summed E-state index contributed by atoms with van der Waals surface area (Å²) in [5.74, 6) is -0.239. The van der Waals surface area contributed by atoms with Crippen molar-refractivity contribution in [2.45, 2.75) is 6.92 Å². The van der Waals surface area contributed by atoms with Crippen molar-refractivity contribution < 1.29 is 4.39 Å². The number of nitrogens with zero attached hydrogens (tertiary/aromatic N) is 1. The minimum absolute atomic E-state index is 0.239. The molecule has 19 heavy (non-hydrogen) atoms. The molecule has 0 spiro atoms. The monoisotopic (exact) mass is 252 g/mol. The number of aromatic nitrogens is 2. The number of aryl methyl sites for hydroxylation is 1. The Morgan fingerprint density at radius 3 is 2.26 bits per heavy atom. The Labute approximate surface area is 110 Å². The number of aromatic amines is 1. The van der Waals surface area contributed by atoms with Crippen LogP contribution >= 0.6 is 0 Å². The Hall–Kier alpha value is -2.42. The lowest BCUT2D eigenvalue weighted by Crippen LogP contribution is -1.84. The zero-order chi connectivity index (χ0) is 13.2. The van der Waals surface area contributed by atoms with Crippen molar-refractivity contribution in [2.75, 3.05) is 0 Å². The second kappa shape index (κ2) is 4.69. The lowest BCUT2D eigenvalue weighted by Gasteiger charge is -2.04. The molecule has 1 N–H and O–H groups in total. The highest BCUT2D eigenvalue weighted by Gasteiger charge is 2.13. The predicted octanol–water partition coefficient (Wildman–Crippen LogP) is 4.19. The van der Waals surface area contributed by atoms with Gasteiger partial charge in [-0.25, -0.2) is 4.39 Å². The first-order valence-electron chi connectivity index (χ1n) is 6.12. The van der Waals surface area contributed by atoms with Gasteiger partial charge in [-0.05, 0) is 36.8 Å². The Morgan fingerprint density at radius 1 is 0.895 bits per heavy atom. The first kappa shape index (κ1) is 11.7. The van der Waals surface area contributed by atoms with Crippen molar-refractivity contribution in [3.63, 3.8) is 0 Å². The highest BCUT2D eigenvalue weighted by Crippen LogP contribution is 2.32. The Balaban J connectivity index is 2.16. The van der Waals surface area contributed by atoms with E-state index in [1.165, 1.54) is 12.1 Å². The second-order valence-corrected chi connectivity index (χ2v) is 4.45. The standard InChI is InChI=1S/C16H13FN2/c1-11-15(12-5-3-2-4-6-12)16(19-18-11)13-7-9-14(17)10-8-13/h2-10H,1H3,(H,18,19). The van der Waals surface area contributed by atoms with Crippen LogP contribution in [0.3, 0.4) is 0 Å². The summed E-state index contributed by atoms with van der Waals surface area (Å²) in [5, 5.41) is 7.35. The van der Waals surface area contributed by atoms with Gasteiger partial charge in [-0.1, -0.05) is 30.3 Å². The molecule has 0 aliphatic rings. The third kappa shape index (κ3) is 2.15. The summed E-state index contributed by atoms with van der Waals surface area (Å²) < 4.78 is 13.0. The van der Waals surface area contributed by atoms with Crippen LogP contribution in [0.15, 0.2) is 54.6 Å². The summed E-state index contributed by atoms with van der Waals surface area (Å²) >= 11 is 0. The molecule has 1 heterocycles. The molecule has 0 aliphatic carbocycles. The molecule has 1 aromatic heterocycles. The maximum atomic E-state index is 13.0. The zero-order valence-electron chi connectivity index (χ0n) is 10.5. The van der Waals surface area contributed by atoms with Crippen molar-refractivity contribution in [1.82, 2.24) is 10.2 Å². The van der Waals surface area contributed by atoms with E-state index in [1.807, 2.05) is 37.3 Å². The number of rotatable bonds is 2. The molecule has 0 amide bonds. The van der Waals surface area contributed by atoms with E-state index in [4.69, 9.17) is 0 Å². The number of halogens is 1. The summed E-state index contributed by atoms with van der Waals surface area (Å²) in [5.41, 5.74) is 4.93. The van der Waals surface area contributed by atoms with Crippen LogP contribution in [0, 0.1) is 12.7 Å². The van der Waals surface area contributed by atoms with Gasteiger partial charge in [-0.2, -0.15) is 5.10 Å². The molecule has 3 rings (SSSR count). The third-order valence-electron chi connectivity index (χ3n) is 3.13. The summed E-state index contributed by atoms with van der Waals surface area (Å²) in [6, 6.07) is 16.5. The normalized spacial score (nSPS) is 10.6. The van der Waals surface area contributed by atoms with E-state index in [1.54, 1.807) is 12.1 Å². The number of benzene rings is 2. The summed E-state index contributed by atoms with van der Waals surface area (Å²) in [6.45, 7) is 1.99. The fourth-order valence-electron chi connectivity index (χ4n) is 2.20. The van der Waals surface area contributed by atoms with Crippen LogP contribution in [0.1, 0.15) is 5.69 Å². The van der Waals surface area contributed by atoms with E-state index < -0.39 is 0 Å². The average Bonchev–Trinajstić information content (AvgIpc) is 2.82. The smallest absolute Gasteiger partial charge is 0.123 e. The zero-order valence-corrected chi connectivity index (χ0v) is 10.5. The fourth-order valence-corrected chi connectivity index (χ4v) is 2.20. The number of hydrogen-bond acceptors (Lipinski definition) is 1. The molecule has 94 valence electrons. The molecule has 0 unspecified atom stereocenters. The molecule has 2 aromatic carbocycles. The van der Waals surface area contributed by atoms with Gasteiger partial charge in [-0.3, -0.25) is 5.10 Å². The quantitative estimate of drug-likeness (QED) is 0.727. The molecule has 0 bridgehead atoms. The molecule has 0 radical (unpaired) electrons. The molecule has 0 saturated carbocycles. The van der Waals surface area contributed by atoms with E-state index in [9.17, 15) is 4.39 Å². The molecule has 0 atom stereocenters. The van der Waals surface area contributed by atoms with E-state index in [0.29, 0.717) is 0 Å². The lowest BCUT2D eigenvalue weighted by atomic mass is 9.99. The van der Waals surface area contributed by atoms with Gasteiger partial charge in [0.05, 0.1) is 0 Å². The van der Waals surface area contributed by atoms with Crippen LogP contribution < -0.4 is 0 Å². The maximum Gasteiger partial charge on any atom is 0.123 e. The topological polar surface area (TPSA) is 28.7 Å². The minimum Gasteiger partial charge on any atom is -0.282 e. The molecule has 2 nitrogen and oxygen atoms in total. The number of hydrogen-bond donors (Lipinski definition) is 1. The van der Waals surface area contributed by atoms with Crippen molar-refractivity contribution in [2.24, 2.45) is 0 Å². The fraction of sp³-hybridized carbons (Fsp3) is 0.0625. The summed E-state index contributed by atoms with van der Waals surface area (Å²) in [4.78, 5) is 0. The highest BCUT2D eigenvalue weighted by atomic mass is 19.1. The molecule has 0 fully saturated rings. The van der Waals surface area contributed by atoms with E-state index >= 15 is 0 Å². The van der Waals surface area contributed by atoms with E-state index in [2.05, 4.69) is 10.2 Å². The minimum atomic E-state index is -0.239. The van der Waals surface area contributed by atoms with Crippen LogP contribution in [-0.2, 0) is 0 Å². The van der Waals surface area contributed by atoms with Gasteiger partial charge in [0.15, 0.2) is 0 Å². The summed E-state index contributed by atoms with van der Waals surface area (Å²) in [7, 11) is 0. The van der Waals surface area contributed by atoms with Gasteiger partial charge >= 0.3 is 0 Å². The molecule has 3 aromatic rings. The first-order chi connectivity index (χ1) is 9.25. The van der Waals surface area contributed by atoms with Crippen LogP contribution in [-0.4, -0.2) is 10.2 Å². The Kier molecular flexibility index (Phi) is 2.88. The second-order valence-electron chi connectivity index (χ2n) is 4.45. The highest BCUT2D eigenvalue weighted by molar-refractivity contribution is 5.82. The van der Waals surface area contributed by atoms with E-state index in [0.717, 1.165) is 28.1 Å². The van der Waals surface area contributed by atoms with Gasteiger partial charge in [0.1, 0.15) is 11.5 Å². The van der Waals surface area contributed by atoms with Crippen LogP contribution in [0.4, 0.5) is 4.39 Å². The molecular formula is C16H13FN2. The first-order valence-corrected chi connectivity index (χ1v) is 6.12. The SMILES string of the molecule is Cc1[nH]nc(-c2ccc(F)cc2)c1-c1ccccc1. The van der Waals surface area contributed by atoms with Crippen molar-refractivity contribution in [3.05, 3.63) is 66.1 Å². The van der Waals surface area contributed by atoms with Crippen LogP contribution in [0.2, 0.25) is 0 Å². The van der Waals surface area contributed by atoms with Crippen molar-refractivity contribution in [1.29, 1.82) is 0 Å². The van der Waals surface area contributed by atoms with Crippen LogP contribution in [0.25, 0.3) is 22.4 Å². The molecule has 0 saturated heterocycles. The average molecular weight is 252 g/mol. The number of nitrogens with one attached hydrogen (secondary N) is 1. The molecular weight excluding hydrogens is 239 g/mol. The van der Waals surface area contributed by atoms with E-state index in [-0.39, 0.29) is 5.82 Å². The molecule has 3 heteroatoms. The summed E-state index contributed by atoms with van der Waals surface area (Å²) in [6.07, 6.45) is 0. The number of H-pyrrole nitrogens is 1. The third-order valence-corrected chi connectivity index (χ3v) is 3.13.